The van der Waals surface area contributed by atoms with Crippen LogP contribution in [0.2, 0.25) is 0 Å². The van der Waals surface area contributed by atoms with Crippen LogP contribution in [-0.2, 0) is 16.6 Å². The molecule has 0 unspecified atom stereocenters. The highest BCUT2D eigenvalue weighted by Crippen LogP contribution is 2.41. The fourth-order valence-corrected chi connectivity index (χ4v) is 3.80. The van der Waals surface area contributed by atoms with Gasteiger partial charge in [0.2, 0.25) is 6.79 Å². The molecule has 0 bridgehead atoms. The molecule has 2 aromatic rings. The molecule has 0 saturated carbocycles. The van der Waals surface area contributed by atoms with Crippen LogP contribution in [-0.4, -0.2) is 39.1 Å². The summed E-state index contributed by atoms with van der Waals surface area (Å²) in [5.74, 6) is 2.10. The molecular weight excluding hydrogens is 354 g/mol. The van der Waals surface area contributed by atoms with E-state index in [0.29, 0.717) is 12.5 Å². The second-order valence-electron chi connectivity index (χ2n) is 7.32. The van der Waals surface area contributed by atoms with Crippen molar-refractivity contribution in [3.05, 3.63) is 59.7 Å². The van der Waals surface area contributed by atoms with Crippen molar-refractivity contribution in [1.29, 1.82) is 0 Å². The number of hydrogen-bond donors (Lipinski definition) is 2. The fourth-order valence-electron chi connectivity index (χ4n) is 3.80. The molecule has 0 aromatic heterocycles. The lowest BCUT2D eigenvalue weighted by molar-refractivity contribution is 0.0530. The molecule has 6 heteroatoms. The lowest BCUT2D eigenvalue weighted by Crippen LogP contribution is -2.39. The fraction of sp³-hybridized carbons (Fsp3) is 0.409. The number of nitrogens with two attached hydrogens (primary N) is 1. The van der Waals surface area contributed by atoms with E-state index in [1.807, 2.05) is 24.3 Å². The van der Waals surface area contributed by atoms with Crippen LogP contribution in [0.25, 0.3) is 0 Å². The largest absolute Gasteiger partial charge is 0.454 e. The third-order valence-electron chi connectivity index (χ3n) is 5.55. The quantitative estimate of drug-likeness (QED) is 0.594. The molecule has 148 valence electrons. The average Bonchev–Trinajstić information content (AvgIpc) is 3.22. The number of nitrogens with zero attached hydrogens (tertiary/aromatic N) is 1. The molecule has 0 spiro atoms. The zero-order chi connectivity index (χ0) is 19.2. The van der Waals surface area contributed by atoms with Crippen LogP contribution in [0.3, 0.4) is 0 Å². The van der Waals surface area contributed by atoms with Gasteiger partial charge in [-0.05, 0) is 42.5 Å². The van der Waals surface area contributed by atoms with Gasteiger partial charge in [-0.2, -0.15) is 0 Å². The molecule has 0 amide bonds. The van der Waals surface area contributed by atoms with Crippen LogP contribution in [0, 0.1) is 0 Å². The smallest absolute Gasteiger partial charge is 0.231 e. The molecule has 1 saturated heterocycles. The first-order valence-electron chi connectivity index (χ1n) is 9.81. The molecule has 6 nitrogen and oxygen atoms in total. The minimum absolute atomic E-state index is 0.0923. The van der Waals surface area contributed by atoms with Crippen LogP contribution in [0.1, 0.15) is 24.0 Å². The van der Waals surface area contributed by atoms with Gasteiger partial charge in [0.15, 0.2) is 17.5 Å². The third-order valence-corrected chi connectivity index (χ3v) is 5.55. The number of ether oxygens (including phenoxy) is 3. The lowest BCUT2D eigenvalue weighted by atomic mass is 9.74. The van der Waals surface area contributed by atoms with Crippen molar-refractivity contribution in [2.75, 3.05) is 33.1 Å². The summed E-state index contributed by atoms with van der Waals surface area (Å²) in [4.78, 5) is 4.68. The topological polar surface area (TPSA) is 78.1 Å². The van der Waals surface area contributed by atoms with Gasteiger partial charge in [-0.1, -0.05) is 36.4 Å². The molecule has 0 atom stereocenters. The Hall–Kier alpha value is -2.73. The number of hydrogen-bond acceptors (Lipinski definition) is 4. The highest BCUT2D eigenvalue weighted by Gasteiger charge is 2.35. The zero-order valence-corrected chi connectivity index (χ0v) is 16.0. The maximum Gasteiger partial charge on any atom is 0.231 e. The molecule has 2 heterocycles. The Morgan fingerprint density at radius 2 is 1.82 bits per heavy atom. The second-order valence-corrected chi connectivity index (χ2v) is 7.32. The van der Waals surface area contributed by atoms with Gasteiger partial charge >= 0.3 is 0 Å². The van der Waals surface area contributed by atoms with Gasteiger partial charge in [-0.15, -0.1) is 0 Å². The van der Waals surface area contributed by atoms with Gasteiger partial charge in [0.05, 0.1) is 6.54 Å². The van der Waals surface area contributed by atoms with Crippen molar-refractivity contribution in [2.45, 2.75) is 24.7 Å². The summed E-state index contributed by atoms with van der Waals surface area (Å²) >= 11 is 0. The first kappa shape index (κ1) is 18.6. The van der Waals surface area contributed by atoms with Crippen molar-refractivity contribution in [2.24, 2.45) is 10.7 Å². The number of nitrogens with one attached hydrogen (secondary N) is 1. The summed E-state index contributed by atoms with van der Waals surface area (Å²) in [6.45, 7) is 3.13. The van der Waals surface area contributed by atoms with E-state index in [4.69, 9.17) is 19.9 Å². The maximum atomic E-state index is 6.15. The van der Waals surface area contributed by atoms with E-state index in [2.05, 4.69) is 34.6 Å². The minimum atomic E-state index is -0.0923. The standard InChI is InChI=1S/C22H27N3O3/c23-21(24-11-8-17-4-2-1-3-5-17)25-15-22(9-12-26-13-10-22)18-6-7-19-20(14-18)28-16-27-19/h1-7,14H,8-13,15-16H2,(H3,23,24,25). The molecule has 2 aliphatic heterocycles. The molecule has 3 N–H and O–H groups in total. The van der Waals surface area contributed by atoms with Crippen molar-refractivity contribution >= 4 is 5.96 Å². The van der Waals surface area contributed by atoms with Gasteiger partial charge in [0.25, 0.3) is 0 Å². The second kappa shape index (κ2) is 8.52. The van der Waals surface area contributed by atoms with Crippen LogP contribution >= 0.6 is 0 Å². The summed E-state index contributed by atoms with van der Waals surface area (Å²) in [6.07, 6.45) is 2.74. The summed E-state index contributed by atoms with van der Waals surface area (Å²) in [5, 5.41) is 3.23. The molecule has 2 aliphatic rings. The van der Waals surface area contributed by atoms with E-state index in [1.165, 1.54) is 11.1 Å². The first-order valence-corrected chi connectivity index (χ1v) is 9.81. The molecule has 1 fully saturated rings. The summed E-state index contributed by atoms with van der Waals surface area (Å²) in [7, 11) is 0. The Balaban J connectivity index is 1.42. The Morgan fingerprint density at radius 3 is 2.64 bits per heavy atom. The summed E-state index contributed by atoms with van der Waals surface area (Å²) in [5.41, 5.74) is 8.54. The average molecular weight is 381 g/mol. The first-order chi connectivity index (χ1) is 13.8. The number of aliphatic imine (C=N–C) groups is 1. The number of rotatable bonds is 6. The SMILES string of the molecule is NC(=NCC1(c2ccc3c(c2)OCO3)CCOCC1)NCCc1ccccc1. The van der Waals surface area contributed by atoms with E-state index >= 15 is 0 Å². The summed E-state index contributed by atoms with van der Waals surface area (Å²) < 4.78 is 16.6. The zero-order valence-electron chi connectivity index (χ0n) is 16.0. The van der Waals surface area contributed by atoms with Crippen molar-refractivity contribution in [3.63, 3.8) is 0 Å². The predicted molar refractivity (Wildman–Crippen MR) is 109 cm³/mol. The predicted octanol–water partition coefficient (Wildman–Crippen LogP) is 2.61. The lowest BCUT2D eigenvalue weighted by Gasteiger charge is -2.36. The number of benzene rings is 2. The summed E-state index contributed by atoms with van der Waals surface area (Å²) in [6, 6.07) is 16.5. The highest BCUT2D eigenvalue weighted by molar-refractivity contribution is 5.77. The van der Waals surface area contributed by atoms with Gasteiger partial charge in [0, 0.05) is 25.2 Å². The van der Waals surface area contributed by atoms with E-state index in [1.54, 1.807) is 0 Å². The molecule has 4 rings (SSSR count). The molecule has 28 heavy (non-hydrogen) atoms. The van der Waals surface area contributed by atoms with Gasteiger partial charge in [-0.25, -0.2) is 0 Å². The van der Waals surface area contributed by atoms with Crippen LogP contribution in [0.15, 0.2) is 53.5 Å². The monoisotopic (exact) mass is 381 g/mol. The highest BCUT2D eigenvalue weighted by atomic mass is 16.7. The normalized spacial score (nSPS) is 18.1. The van der Waals surface area contributed by atoms with Gasteiger partial charge < -0.3 is 25.3 Å². The van der Waals surface area contributed by atoms with Crippen LogP contribution in [0.5, 0.6) is 11.5 Å². The number of fused-ring (bicyclic) bond motifs is 1. The Bertz CT molecular complexity index is 817. The minimum Gasteiger partial charge on any atom is -0.454 e. The molecule has 0 radical (unpaired) electrons. The number of guanidine groups is 1. The molecule has 2 aromatic carbocycles. The van der Waals surface area contributed by atoms with E-state index < -0.39 is 0 Å². The van der Waals surface area contributed by atoms with E-state index in [-0.39, 0.29) is 12.2 Å². The Labute approximate surface area is 165 Å². The van der Waals surface area contributed by atoms with Crippen LogP contribution < -0.4 is 20.5 Å². The van der Waals surface area contributed by atoms with Crippen molar-refractivity contribution in [1.82, 2.24) is 5.32 Å². The van der Waals surface area contributed by atoms with Gasteiger partial charge in [0.1, 0.15) is 0 Å². The van der Waals surface area contributed by atoms with Gasteiger partial charge in [-0.3, -0.25) is 4.99 Å². The third kappa shape index (κ3) is 4.22. The molecular formula is C22H27N3O3. The molecule has 0 aliphatic carbocycles. The van der Waals surface area contributed by atoms with Crippen molar-refractivity contribution < 1.29 is 14.2 Å². The van der Waals surface area contributed by atoms with Crippen molar-refractivity contribution in [3.8, 4) is 11.5 Å². The van der Waals surface area contributed by atoms with E-state index in [9.17, 15) is 0 Å². The van der Waals surface area contributed by atoms with Crippen LogP contribution in [0.4, 0.5) is 0 Å². The van der Waals surface area contributed by atoms with E-state index in [0.717, 1.165) is 50.5 Å². The Kier molecular flexibility index (Phi) is 5.67. The Morgan fingerprint density at radius 1 is 1.04 bits per heavy atom. The maximum absolute atomic E-state index is 6.15.